The third-order valence-corrected chi connectivity index (χ3v) is 4.81. The molecule has 0 saturated carbocycles. The summed E-state index contributed by atoms with van der Waals surface area (Å²) in [6, 6.07) is 7.70. The molecule has 6 nitrogen and oxygen atoms in total. The van der Waals surface area contributed by atoms with Crippen LogP contribution < -0.4 is 4.74 Å². The molecule has 2 aliphatic heterocycles. The first-order valence-electron chi connectivity index (χ1n) is 7.77. The first kappa shape index (κ1) is 16.1. The van der Waals surface area contributed by atoms with E-state index in [0.717, 1.165) is 11.3 Å². The SMILES string of the molecule is COc1ccc(CN2C(=O)O[C@@H]3[C@H](C)O[C@@H](OC)C[C@@]32C)cc1. The topological polar surface area (TPSA) is 57.2 Å². The Morgan fingerprint density at radius 2 is 2.00 bits per heavy atom. The monoisotopic (exact) mass is 321 g/mol. The molecule has 2 saturated heterocycles. The number of hydrogen-bond donors (Lipinski definition) is 0. The summed E-state index contributed by atoms with van der Waals surface area (Å²) < 4.78 is 21.9. The van der Waals surface area contributed by atoms with Crippen LogP contribution in [0.3, 0.4) is 0 Å². The average molecular weight is 321 g/mol. The summed E-state index contributed by atoms with van der Waals surface area (Å²) in [7, 11) is 3.25. The van der Waals surface area contributed by atoms with Gasteiger partial charge in [0.1, 0.15) is 5.75 Å². The van der Waals surface area contributed by atoms with Crippen molar-refractivity contribution in [2.45, 2.75) is 50.8 Å². The highest BCUT2D eigenvalue weighted by Crippen LogP contribution is 2.42. The Hall–Kier alpha value is -1.79. The summed E-state index contributed by atoms with van der Waals surface area (Å²) in [6.07, 6.45) is -0.553. The van der Waals surface area contributed by atoms with Crippen LogP contribution in [0.15, 0.2) is 24.3 Å². The van der Waals surface area contributed by atoms with E-state index in [2.05, 4.69) is 0 Å². The highest BCUT2D eigenvalue weighted by molar-refractivity contribution is 5.72. The van der Waals surface area contributed by atoms with Gasteiger partial charge in [0.05, 0.1) is 18.8 Å². The van der Waals surface area contributed by atoms with Crippen molar-refractivity contribution in [3.63, 3.8) is 0 Å². The zero-order valence-corrected chi connectivity index (χ0v) is 13.9. The number of ether oxygens (including phenoxy) is 4. The Labute approximate surface area is 136 Å². The van der Waals surface area contributed by atoms with Gasteiger partial charge in [0.15, 0.2) is 12.4 Å². The van der Waals surface area contributed by atoms with Gasteiger partial charge in [-0.2, -0.15) is 0 Å². The molecule has 0 aliphatic carbocycles. The molecular formula is C17H23NO5. The lowest BCUT2D eigenvalue weighted by molar-refractivity contribution is -0.226. The van der Waals surface area contributed by atoms with Crippen molar-refractivity contribution in [2.75, 3.05) is 14.2 Å². The van der Waals surface area contributed by atoms with E-state index in [9.17, 15) is 4.79 Å². The number of fused-ring (bicyclic) bond motifs is 1. The van der Waals surface area contributed by atoms with Gasteiger partial charge in [0.25, 0.3) is 0 Å². The Kier molecular flexibility index (Phi) is 4.21. The van der Waals surface area contributed by atoms with Gasteiger partial charge >= 0.3 is 6.09 Å². The molecule has 2 heterocycles. The van der Waals surface area contributed by atoms with Crippen LogP contribution in [-0.4, -0.2) is 49.2 Å². The van der Waals surface area contributed by atoms with Crippen molar-refractivity contribution in [1.29, 1.82) is 0 Å². The number of carbonyl (C=O) groups is 1. The Bertz CT molecular complexity index is 575. The van der Waals surface area contributed by atoms with Crippen molar-refractivity contribution < 1.29 is 23.7 Å². The van der Waals surface area contributed by atoms with Crippen LogP contribution in [0.25, 0.3) is 0 Å². The van der Waals surface area contributed by atoms with Crippen molar-refractivity contribution >= 4 is 6.09 Å². The van der Waals surface area contributed by atoms with Gasteiger partial charge in [-0.3, -0.25) is 4.90 Å². The number of nitrogens with zero attached hydrogens (tertiary/aromatic N) is 1. The Balaban J connectivity index is 1.83. The molecule has 126 valence electrons. The van der Waals surface area contributed by atoms with Gasteiger partial charge in [-0.25, -0.2) is 4.79 Å². The maximum absolute atomic E-state index is 12.4. The maximum Gasteiger partial charge on any atom is 0.411 e. The van der Waals surface area contributed by atoms with Crippen LogP contribution in [0.1, 0.15) is 25.8 Å². The van der Waals surface area contributed by atoms with E-state index in [4.69, 9.17) is 18.9 Å². The van der Waals surface area contributed by atoms with Crippen LogP contribution in [-0.2, 0) is 20.8 Å². The summed E-state index contributed by atoms with van der Waals surface area (Å²) in [5.41, 5.74) is 0.577. The third-order valence-electron chi connectivity index (χ3n) is 4.81. The second-order valence-electron chi connectivity index (χ2n) is 6.31. The van der Waals surface area contributed by atoms with E-state index in [0.29, 0.717) is 13.0 Å². The minimum atomic E-state index is -0.449. The third kappa shape index (κ3) is 2.77. The zero-order valence-electron chi connectivity index (χ0n) is 13.9. The first-order chi connectivity index (χ1) is 11.0. The smallest absolute Gasteiger partial charge is 0.411 e. The van der Waals surface area contributed by atoms with E-state index in [-0.39, 0.29) is 24.6 Å². The molecule has 4 atom stereocenters. The van der Waals surface area contributed by atoms with Crippen LogP contribution in [0, 0.1) is 0 Å². The molecule has 1 aromatic rings. The van der Waals surface area contributed by atoms with Crippen molar-refractivity contribution in [1.82, 2.24) is 4.90 Å². The summed E-state index contributed by atoms with van der Waals surface area (Å²) in [4.78, 5) is 14.2. The molecule has 2 fully saturated rings. The van der Waals surface area contributed by atoms with Crippen LogP contribution in [0.5, 0.6) is 5.75 Å². The van der Waals surface area contributed by atoms with Crippen molar-refractivity contribution in [2.24, 2.45) is 0 Å². The molecule has 1 amide bonds. The number of methoxy groups -OCH3 is 2. The number of benzene rings is 1. The van der Waals surface area contributed by atoms with Crippen molar-refractivity contribution in [3.05, 3.63) is 29.8 Å². The normalized spacial score (nSPS) is 33.3. The molecule has 0 spiro atoms. The number of hydrogen-bond acceptors (Lipinski definition) is 5. The lowest BCUT2D eigenvalue weighted by Gasteiger charge is -2.44. The molecule has 23 heavy (non-hydrogen) atoms. The van der Waals surface area contributed by atoms with Crippen LogP contribution in [0.2, 0.25) is 0 Å². The Morgan fingerprint density at radius 1 is 1.30 bits per heavy atom. The van der Waals surface area contributed by atoms with Gasteiger partial charge in [-0.15, -0.1) is 0 Å². The lowest BCUT2D eigenvalue weighted by Crippen LogP contribution is -2.58. The molecule has 1 aromatic carbocycles. The zero-order chi connectivity index (χ0) is 16.6. The molecular weight excluding hydrogens is 298 g/mol. The summed E-state index contributed by atoms with van der Waals surface area (Å²) in [5, 5.41) is 0. The van der Waals surface area contributed by atoms with E-state index < -0.39 is 5.54 Å². The minimum absolute atomic E-state index is 0.205. The maximum atomic E-state index is 12.4. The number of amides is 1. The first-order valence-corrected chi connectivity index (χ1v) is 7.77. The lowest BCUT2D eigenvalue weighted by atomic mass is 9.84. The Morgan fingerprint density at radius 3 is 2.61 bits per heavy atom. The fraction of sp³-hybridized carbons (Fsp3) is 0.588. The quantitative estimate of drug-likeness (QED) is 0.853. The van der Waals surface area contributed by atoms with Crippen molar-refractivity contribution in [3.8, 4) is 5.75 Å². The minimum Gasteiger partial charge on any atom is -0.497 e. The highest BCUT2D eigenvalue weighted by atomic mass is 16.7. The summed E-state index contributed by atoms with van der Waals surface area (Å²) in [5.74, 6) is 0.793. The number of rotatable bonds is 4. The molecule has 2 aliphatic rings. The number of carbonyl (C=O) groups excluding carboxylic acids is 1. The molecule has 0 unspecified atom stereocenters. The van der Waals surface area contributed by atoms with Gasteiger partial charge in [0, 0.05) is 20.1 Å². The van der Waals surface area contributed by atoms with E-state index in [1.807, 2.05) is 38.1 Å². The second-order valence-corrected chi connectivity index (χ2v) is 6.31. The molecule has 6 heteroatoms. The van der Waals surface area contributed by atoms with Crippen LogP contribution >= 0.6 is 0 Å². The highest BCUT2D eigenvalue weighted by Gasteiger charge is 2.58. The second kappa shape index (κ2) is 6.02. The van der Waals surface area contributed by atoms with E-state index in [1.165, 1.54) is 0 Å². The molecule has 3 rings (SSSR count). The predicted molar refractivity (Wildman–Crippen MR) is 83.2 cm³/mol. The van der Waals surface area contributed by atoms with Crippen LogP contribution in [0.4, 0.5) is 4.79 Å². The predicted octanol–water partition coefficient (Wildman–Crippen LogP) is 2.56. The average Bonchev–Trinajstić information content (AvgIpc) is 2.80. The largest absolute Gasteiger partial charge is 0.497 e. The fourth-order valence-electron chi connectivity index (χ4n) is 3.48. The van der Waals surface area contributed by atoms with E-state index >= 15 is 0 Å². The van der Waals surface area contributed by atoms with Gasteiger partial charge in [-0.1, -0.05) is 12.1 Å². The fourth-order valence-corrected chi connectivity index (χ4v) is 3.48. The standard InChI is InChI=1S/C17H23NO5/c1-11-15-17(2,9-14(21-4)22-11)18(16(19)23-15)10-12-5-7-13(20-3)8-6-12/h5-8,11,14-15H,9-10H2,1-4H3/t11-,14+,15+,17-/m0/s1. The molecule has 0 radical (unpaired) electrons. The molecule has 0 bridgehead atoms. The summed E-state index contributed by atoms with van der Waals surface area (Å²) in [6.45, 7) is 4.44. The van der Waals surface area contributed by atoms with E-state index in [1.54, 1.807) is 19.1 Å². The van der Waals surface area contributed by atoms with Gasteiger partial charge < -0.3 is 18.9 Å². The molecule has 0 aromatic heterocycles. The van der Waals surface area contributed by atoms with Gasteiger partial charge in [-0.05, 0) is 31.5 Å². The summed E-state index contributed by atoms with van der Waals surface area (Å²) >= 11 is 0. The van der Waals surface area contributed by atoms with Gasteiger partial charge in [0.2, 0.25) is 0 Å². The molecule has 0 N–H and O–H groups in total.